The standard InChI is InChI=1S/C19H19N3O4/c1-12-21-15-8-6-5-7-14(15)19(23)22(12)20-11-13-9-10-16(24-2)18(26-4)17(13)25-3/h5-11H,1-4H3. The van der Waals surface area contributed by atoms with Crippen molar-refractivity contribution in [3.63, 3.8) is 0 Å². The molecule has 0 saturated heterocycles. The number of ether oxygens (including phenoxy) is 3. The summed E-state index contributed by atoms with van der Waals surface area (Å²) in [6.07, 6.45) is 1.53. The van der Waals surface area contributed by atoms with Crippen molar-refractivity contribution in [3.8, 4) is 17.2 Å². The normalized spacial score (nSPS) is 11.1. The van der Waals surface area contributed by atoms with Crippen molar-refractivity contribution in [2.75, 3.05) is 21.3 Å². The summed E-state index contributed by atoms with van der Waals surface area (Å²) in [6.45, 7) is 1.73. The molecule has 0 bridgehead atoms. The van der Waals surface area contributed by atoms with E-state index in [0.29, 0.717) is 39.5 Å². The fourth-order valence-corrected chi connectivity index (χ4v) is 2.72. The summed E-state index contributed by atoms with van der Waals surface area (Å²) in [5.41, 5.74) is 1.05. The largest absolute Gasteiger partial charge is 0.493 e. The predicted octanol–water partition coefficient (Wildman–Crippen LogP) is 2.61. The highest BCUT2D eigenvalue weighted by atomic mass is 16.5. The maximum Gasteiger partial charge on any atom is 0.282 e. The first-order valence-electron chi connectivity index (χ1n) is 7.92. The zero-order chi connectivity index (χ0) is 18.7. The molecule has 3 aromatic rings. The van der Waals surface area contributed by atoms with Gasteiger partial charge in [-0.3, -0.25) is 4.79 Å². The number of hydrogen-bond acceptors (Lipinski definition) is 6. The molecule has 0 spiro atoms. The molecule has 26 heavy (non-hydrogen) atoms. The van der Waals surface area contributed by atoms with Crippen LogP contribution in [0.1, 0.15) is 11.4 Å². The molecule has 0 aliphatic rings. The lowest BCUT2D eigenvalue weighted by atomic mass is 10.2. The van der Waals surface area contributed by atoms with Gasteiger partial charge >= 0.3 is 0 Å². The first-order chi connectivity index (χ1) is 12.6. The van der Waals surface area contributed by atoms with Crippen LogP contribution in [-0.2, 0) is 0 Å². The summed E-state index contributed by atoms with van der Waals surface area (Å²) >= 11 is 0. The number of methoxy groups -OCH3 is 3. The summed E-state index contributed by atoms with van der Waals surface area (Å²) in [5, 5.41) is 4.81. The van der Waals surface area contributed by atoms with Gasteiger partial charge in [0.1, 0.15) is 5.82 Å². The van der Waals surface area contributed by atoms with Crippen molar-refractivity contribution in [2.45, 2.75) is 6.92 Å². The molecule has 0 saturated carbocycles. The van der Waals surface area contributed by atoms with Gasteiger partial charge in [-0.2, -0.15) is 9.78 Å². The van der Waals surface area contributed by atoms with Crippen LogP contribution in [0.5, 0.6) is 17.2 Å². The molecule has 2 aromatic carbocycles. The second kappa shape index (κ2) is 7.26. The lowest BCUT2D eigenvalue weighted by Crippen LogP contribution is -2.20. The van der Waals surface area contributed by atoms with E-state index >= 15 is 0 Å². The van der Waals surface area contributed by atoms with Gasteiger partial charge in [-0.05, 0) is 31.2 Å². The number of benzene rings is 2. The minimum atomic E-state index is -0.233. The number of rotatable bonds is 5. The van der Waals surface area contributed by atoms with E-state index in [-0.39, 0.29) is 5.56 Å². The molecular weight excluding hydrogens is 334 g/mol. The van der Waals surface area contributed by atoms with E-state index in [0.717, 1.165) is 0 Å². The van der Waals surface area contributed by atoms with Gasteiger partial charge in [0.15, 0.2) is 11.5 Å². The van der Waals surface area contributed by atoms with Crippen molar-refractivity contribution in [3.05, 3.63) is 58.1 Å². The van der Waals surface area contributed by atoms with Crippen LogP contribution < -0.4 is 19.8 Å². The van der Waals surface area contributed by atoms with Gasteiger partial charge in [0.2, 0.25) is 5.75 Å². The van der Waals surface area contributed by atoms with E-state index in [2.05, 4.69) is 10.1 Å². The van der Waals surface area contributed by atoms with E-state index in [9.17, 15) is 4.79 Å². The summed E-state index contributed by atoms with van der Waals surface area (Å²) in [5.74, 6) is 1.96. The first-order valence-corrected chi connectivity index (χ1v) is 7.92. The zero-order valence-electron chi connectivity index (χ0n) is 15.0. The van der Waals surface area contributed by atoms with Crippen LogP contribution in [0, 0.1) is 6.92 Å². The number of para-hydroxylation sites is 1. The van der Waals surface area contributed by atoms with Crippen LogP contribution in [-0.4, -0.2) is 37.2 Å². The average Bonchev–Trinajstić information content (AvgIpc) is 2.66. The summed E-state index contributed by atoms with van der Waals surface area (Å²) < 4.78 is 17.3. The molecule has 0 amide bonds. The maximum absolute atomic E-state index is 12.7. The third-order valence-electron chi connectivity index (χ3n) is 3.96. The summed E-state index contributed by atoms with van der Waals surface area (Å²) in [6, 6.07) is 10.7. The molecule has 0 unspecified atom stereocenters. The highest BCUT2D eigenvalue weighted by molar-refractivity contribution is 5.86. The third-order valence-corrected chi connectivity index (χ3v) is 3.96. The van der Waals surface area contributed by atoms with Crippen LogP contribution in [0.25, 0.3) is 10.9 Å². The number of hydrogen-bond donors (Lipinski definition) is 0. The monoisotopic (exact) mass is 353 g/mol. The summed E-state index contributed by atoms with van der Waals surface area (Å²) in [4.78, 5) is 17.1. The Labute approximate surface area is 150 Å². The fourth-order valence-electron chi connectivity index (χ4n) is 2.72. The van der Waals surface area contributed by atoms with Gasteiger partial charge in [-0.15, -0.1) is 0 Å². The Hall–Kier alpha value is -3.35. The molecule has 3 rings (SSSR count). The van der Waals surface area contributed by atoms with E-state index in [1.165, 1.54) is 25.1 Å². The molecule has 0 fully saturated rings. The van der Waals surface area contributed by atoms with Crippen molar-refractivity contribution in [1.29, 1.82) is 0 Å². The van der Waals surface area contributed by atoms with Gasteiger partial charge in [0.25, 0.3) is 5.56 Å². The minimum absolute atomic E-state index is 0.233. The van der Waals surface area contributed by atoms with Gasteiger partial charge in [-0.25, -0.2) is 4.98 Å². The van der Waals surface area contributed by atoms with Crippen molar-refractivity contribution < 1.29 is 14.2 Å². The quantitative estimate of drug-likeness (QED) is 0.659. The highest BCUT2D eigenvalue weighted by Crippen LogP contribution is 2.38. The molecule has 134 valence electrons. The second-order valence-corrected chi connectivity index (χ2v) is 5.46. The van der Waals surface area contributed by atoms with Gasteiger partial charge in [0.05, 0.1) is 38.4 Å². The van der Waals surface area contributed by atoms with E-state index in [4.69, 9.17) is 14.2 Å². The molecule has 7 heteroatoms. The van der Waals surface area contributed by atoms with Crippen molar-refractivity contribution in [1.82, 2.24) is 9.66 Å². The van der Waals surface area contributed by atoms with E-state index in [1.807, 2.05) is 6.07 Å². The summed E-state index contributed by atoms with van der Waals surface area (Å²) in [7, 11) is 4.61. The zero-order valence-corrected chi connectivity index (χ0v) is 15.0. The predicted molar refractivity (Wildman–Crippen MR) is 99.8 cm³/mol. The van der Waals surface area contributed by atoms with Crippen LogP contribution in [0.3, 0.4) is 0 Å². The number of fused-ring (bicyclic) bond motifs is 1. The lowest BCUT2D eigenvalue weighted by Gasteiger charge is -2.13. The molecular formula is C19H19N3O4. The van der Waals surface area contributed by atoms with Crippen LogP contribution in [0.2, 0.25) is 0 Å². The number of nitrogens with zero attached hydrogens (tertiary/aromatic N) is 3. The van der Waals surface area contributed by atoms with Crippen LogP contribution in [0.4, 0.5) is 0 Å². The molecule has 0 N–H and O–H groups in total. The Morgan fingerprint density at radius 2 is 1.73 bits per heavy atom. The molecule has 7 nitrogen and oxygen atoms in total. The molecule has 1 aromatic heterocycles. The molecule has 1 heterocycles. The Morgan fingerprint density at radius 3 is 2.42 bits per heavy atom. The third kappa shape index (κ3) is 2.99. The molecule has 0 aliphatic carbocycles. The Bertz CT molecular complexity index is 1040. The average molecular weight is 353 g/mol. The van der Waals surface area contributed by atoms with Crippen molar-refractivity contribution in [2.24, 2.45) is 5.10 Å². The molecule has 0 atom stereocenters. The highest BCUT2D eigenvalue weighted by Gasteiger charge is 2.15. The van der Waals surface area contributed by atoms with Crippen molar-refractivity contribution >= 4 is 17.1 Å². The number of aromatic nitrogens is 2. The lowest BCUT2D eigenvalue weighted by molar-refractivity contribution is 0.324. The van der Waals surface area contributed by atoms with Gasteiger partial charge < -0.3 is 14.2 Å². The van der Waals surface area contributed by atoms with Crippen LogP contribution in [0.15, 0.2) is 46.3 Å². The first kappa shape index (κ1) is 17.5. The minimum Gasteiger partial charge on any atom is -0.493 e. The molecule has 0 aliphatic heterocycles. The Kier molecular flexibility index (Phi) is 4.88. The fraction of sp³-hybridized carbons (Fsp3) is 0.211. The van der Waals surface area contributed by atoms with E-state index < -0.39 is 0 Å². The van der Waals surface area contributed by atoms with Gasteiger partial charge in [0, 0.05) is 5.56 Å². The van der Waals surface area contributed by atoms with E-state index in [1.54, 1.807) is 44.4 Å². The Morgan fingerprint density at radius 1 is 1.00 bits per heavy atom. The van der Waals surface area contributed by atoms with Crippen LogP contribution >= 0.6 is 0 Å². The maximum atomic E-state index is 12.7. The second-order valence-electron chi connectivity index (χ2n) is 5.46. The SMILES string of the molecule is COc1ccc(C=Nn2c(C)nc3ccccc3c2=O)c(OC)c1OC. The Balaban J connectivity index is 2.11. The smallest absolute Gasteiger partial charge is 0.282 e. The topological polar surface area (TPSA) is 74.9 Å². The molecule has 0 radical (unpaired) electrons. The van der Waals surface area contributed by atoms with Gasteiger partial charge in [-0.1, -0.05) is 12.1 Å². The number of aryl methyl sites for hydroxylation is 1.